The number of thiazole rings is 2. The molecule has 5 aromatic rings. The second kappa shape index (κ2) is 8.88. The van der Waals surface area contributed by atoms with Crippen molar-refractivity contribution < 1.29 is 4.79 Å². The summed E-state index contributed by atoms with van der Waals surface area (Å²) in [7, 11) is 0. The molecule has 2 heterocycles. The zero-order chi connectivity index (χ0) is 22.1. The Morgan fingerprint density at radius 2 is 1.38 bits per heavy atom. The van der Waals surface area contributed by atoms with E-state index in [1.165, 1.54) is 22.7 Å². The minimum absolute atomic E-state index is 0.177. The van der Waals surface area contributed by atoms with Gasteiger partial charge >= 0.3 is 0 Å². The molecular formula is C23H14Cl2N4OS2. The molecule has 2 N–H and O–H groups in total. The van der Waals surface area contributed by atoms with Gasteiger partial charge < -0.3 is 10.6 Å². The van der Waals surface area contributed by atoms with Crippen LogP contribution in [0.4, 0.5) is 22.3 Å². The van der Waals surface area contributed by atoms with Crippen molar-refractivity contribution in [3.05, 3.63) is 92.7 Å². The lowest BCUT2D eigenvalue weighted by molar-refractivity contribution is 0.104. The molecule has 0 aliphatic heterocycles. The Hall–Kier alpha value is -2.97. The number of ketones is 1. The highest BCUT2D eigenvalue weighted by Crippen LogP contribution is 2.35. The van der Waals surface area contributed by atoms with Gasteiger partial charge in [-0.3, -0.25) is 4.79 Å². The average Bonchev–Trinajstić information content (AvgIpc) is 3.40. The molecule has 0 aliphatic carbocycles. The largest absolute Gasteiger partial charge is 0.339 e. The standard InChI is InChI=1S/C23H14Cl2N4OS2/c24-13-5-9-15(10-6-13)26-21-20(19(30)22-28-17-3-1-2-4-18(17)31-22)32-23(29-21)27-16-11-7-14(25)8-12-16/h1-12,26H,(H,27,29). The van der Waals surface area contributed by atoms with Crippen molar-refractivity contribution in [2.45, 2.75) is 0 Å². The normalized spacial score (nSPS) is 10.9. The zero-order valence-corrected chi connectivity index (χ0v) is 19.4. The summed E-state index contributed by atoms with van der Waals surface area (Å²) in [6.07, 6.45) is 0. The summed E-state index contributed by atoms with van der Waals surface area (Å²) in [5.41, 5.74) is 2.40. The molecule has 0 fully saturated rings. The highest BCUT2D eigenvalue weighted by molar-refractivity contribution is 7.22. The van der Waals surface area contributed by atoms with E-state index in [1.54, 1.807) is 24.3 Å². The first-order valence-corrected chi connectivity index (χ1v) is 11.9. The first-order valence-electron chi connectivity index (χ1n) is 9.51. The molecule has 3 aromatic carbocycles. The first kappa shape index (κ1) is 20.9. The minimum atomic E-state index is -0.177. The van der Waals surface area contributed by atoms with Gasteiger partial charge in [0.15, 0.2) is 16.0 Å². The summed E-state index contributed by atoms with van der Waals surface area (Å²) >= 11 is 14.6. The van der Waals surface area contributed by atoms with Crippen LogP contribution in [0.1, 0.15) is 14.7 Å². The van der Waals surface area contributed by atoms with E-state index in [4.69, 9.17) is 23.2 Å². The summed E-state index contributed by atoms with van der Waals surface area (Å²) in [6.45, 7) is 0. The van der Waals surface area contributed by atoms with E-state index in [2.05, 4.69) is 20.6 Å². The molecule has 0 saturated heterocycles. The molecule has 0 spiro atoms. The number of rotatable bonds is 6. The monoisotopic (exact) mass is 496 g/mol. The SMILES string of the molecule is O=C(c1nc2ccccc2s1)c1sc(Nc2ccc(Cl)cc2)nc1Nc1ccc(Cl)cc1. The summed E-state index contributed by atoms with van der Waals surface area (Å²) in [5, 5.41) is 8.75. The van der Waals surface area contributed by atoms with Crippen LogP contribution < -0.4 is 10.6 Å². The number of nitrogens with zero attached hydrogens (tertiary/aromatic N) is 2. The number of nitrogens with one attached hydrogen (secondary N) is 2. The van der Waals surface area contributed by atoms with Gasteiger partial charge in [0, 0.05) is 21.4 Å². The molecule has 0 saturated carbocycles. The fourth-order valence-electron chi connectivity index (χ4n) is 3.01. The van der Waals surface area contributed by atoms with Gasteiger partial charge in [0.1, 0.15) is 4.88 Å². The highest BCUT2D eigenvalue weighted by Gasteiger charge is 2.23. The molecule has 158 valence electrons. The number of carbonyl (C=O) groups excluding carboxylic acids is 1. The maximum Gasteiger partial charge on any atom is 0.235 e. The van der Waals surface area contributed by atoms with Crippen LogP contribution in [0.5, 0.6) is 0 Å². The second-order valence-corrected chi connectivity index (χ2v) is 9.68. The Bertz CT molecular complexity index is 1380. The predicted octanol–water partition coefficient (Wildman–Crippen LogP) is 7.78. The predicted molar refractivity (Wildman–Crippen MR) is 135 cm³/mol. The summed E-state index contributed by atoms with van der Waals surface area (Å²) < 4.78 is 0.965. The molecule has 5 nitrogen and oxygen atoms in total. The van der Waals surface area contributed by atoms with Crippen LogP contribution in [0.3, 0.4) is 0 Å². The quantitative estimate of drug-likeness (QED) is 0.235. The van der Waals surface area contributed by atoms with Gasteiger partial charge in [-0.1, -0.05) is 46.7 Å². The van der Waals surface area contributed by atoms with E-state index in [-0.39, 0.29) is 5.78 Å². The van der Waals surface area contributed by atoms with E-state index in [1.807, 2.05) is 48.5 Å². The fourth-order valence-corrected chi connectivity index (χ4v) is 5.12. The smallest absolute Gasteiger partial charge is 0.235 e. The lowest BCUT2D eigenvalue weighted by Gasteiger charge is -2.05. The third-order valence-electron chi connectivity index (χ3n) is 4.52. The summed E-state index contributed by atoms with van der Waals surface area (Å²) in [5.74, 6) is 0.280. The molecule has 0 radical (unpaired) electrons. The molecular weight excluding hydrogens is 483 g/mol. The molecule has 0 bridgehead atoms. The van der Waals surface area contributed by atoms with Crippen LogP contribution in [-0.2, 0) is 0 Å². The Morgan fingerprint density at radius 3 is 2.03 bits per heavy atom. The van der Waals surface area contributed by atoms with E-state index in [9.17, 15) is 4.79 Å². The average molecular weight is 497 g/mol. The van der Waals surface area contributed by atoms with Crippen LogP contribution >= 0.6 is 45.9 Å². The minimum Gasteiger partial charge on any atom is -0.339 e. The maximum absolute atomic E-state index is 13.4. The maximum atomic E-state index is 13.4. The van der Waals surface area contributed by atoms with Gasteiger partial charge in [-0.25, -0.2) is 9.97 Å². The van der Waals surface area contributed by atoms with Gasteiger partial charge in [-0.05, 0) is 60.7 Å². The molecule has 32 heavy (non-hydrogen) atoms. The van der Waals surface area contributed by atoms with E-state index in [0.717, 1.165) is 21.6 Å². The number of carbonyl (C=O) groups is 1. The Morgan fingerprint density at radius 1 is 0.750 bits per heavy atom. The molecule has 0 amide bonds. The van der Waals surface area contributed by atoms with E-state index < -0.39 is 0 Å². The number of hydrogen-bond acceptors (Lipinski definition) is 7. The van der Waals surface area contributed by atoms with Crippen molar-refractivity contribution in [3.8, 4) is 0 Å². The van der Waals surface area contributed by atoms with E-state index in [0.29, 0.717) is 30.9 Å². The van der Waals surface area contributed by atoms with Gasteiger partial charge in [0.25, 0.3) is 0 Å². The molecule has 0 unspecified atom stereocenters. The van der Waals surface area contributed by atoms with Crippen molar-refractivity contribution in [1.82, 2.24) is 9.97 Å². The van der Waals surface area contributed by atoms with Crippen LogP contribution in [0.15, 0.2) is 72.8 Å². The third kappa shape index (κ3) is 4.47. The first-order chi connectivity index (χ1) is 15.5. The van der Waals surface area contributed by atoms with Gasteiger partial charge in [0.05, 0.1) is 10.2 Å². The van der Waals surface area contributed by atoms with Crippen LogP contribution in [-0.4, -0.2) is 15.8 Å². The van der Waals surface area contributed by atoms with Crippen molar-refractivity contribution in [2.24, 2.45) is 0 Å². The van der Waals surface area contributed by atoms with Crippen LogP contribution in [0, 0.1) is 0 Å². The van der Waals surface area contributed by atoms with Gasteiger partial charge in [-0.2, -0.15) is 0 Å². The molecule has 0 atom stereocenters. The lowest BCUT2D eigenvalue weighted by Crippen LogP contribution is -2.02. The summed E-state index contributed by atoms with van der Waals surface area (Å²) in [6, 6.07) is 22.2. The topological polar surface area (TPSA) is 66.9 Å². The van der Waals surface area contributed by atoms with Crippen molar-refractivity contribution >= 4 is 84.2 Å². The van der Waals surface area contributed by atoms with Crippen molar-refractivity contribution in [1.29, 1.82) is 0 Å². The number of fused-ring (bicyclic) bond motifs is 1. The van der Waals surface area contributed by atoms with Gasteiger partial charge in [-0.15, -0.1) is 11.3 Å². The number of benzene rings is 3. The zero-order valence-electron chi connectivity index (χ0n) is 16.3. The van der Waals surface area contributed by atoms with Crippen LogP contribution in [0.2, 0.25) is 10.0 Å². The number of halogens is 2. The summed E-state index contributed by atoms with van der Waals surface area (Å²) in [4.78, 5) is 23.0. The number of para-hydroxylation sites is 1. The van der Waals surface area contributed by atoms with Crippen molar-refractivity contribution in [2.75, 3.05) is 10.6 Å². The third-order valence-corrected chi connectivity index (χ3v) is 7.03. The molecule has 0 aliphatic rings. The van der Waals surface area contributed by atoms with Gasteiger partial charge in [0.2, 0.25) is 5.78 Å². The number of hydrogen-bond donors (Lipinski definition) is 2. The molecule has 5 rings (SSSR count). The molecule has 9 heteroatoms. The molecule has 2 aromatic heterocycles. The lowest BCUT2D eigenvalue weighted by atomic mass is 10.3. The number of anilines is 4. The van der Waals surface area contributed by atoms with Crippen LogP contribution in [0.25, 0.3) is 10.2 Å². The second-order valence-electron chi connectivity index (χ2n) is 6.78. The number of aromatic nitrogens is 2. The van der Waals surface area contributed by atoms with Crippen molar-refractivity contribution in [3.63, 3.8) is 0 Å². The Balaban J connectivity index is 1.52. The highest BCUT2D eigenvalue weighted by atomic mass is 35.5. The fraction of sp³-hybridized carbons (Fsp3) is 0. The Kier molecular flexibility index (Phi) is 5.80. The Labute approximate surface area is 201 Å². The van der Waals surface area contributed by atoms with E-state index >= 15 is 0 Å².